The first kappa shape index (κ1) is 17.1. The SMILES string of the molecule is COCCN(CCOC)C(=O)C(=O)NCc1ccccc1. The predicted octanol–water partition coefficient (Wildman–Crippen LogP) is 0.424. The summed E-state index contributed by atoms with van der Waals surface area (Å²) in [6.45, 7) is 1.80. The van der Waals surface area contributed by atoms with Gasteiger partial charge in [-0.25, -0.2) is 0 Å². The van der Waals surface area contributed by atoms with Crippen molar-refractivity contribution < 1.29 is 19.1 Å². The molecule has 1 rings (SSSR count). The van der Waals surface area contributed by atoms with Gasteiger partial charge in [-0.2, -0.15) is 0 Å². The molecule has 0 bridgehead atoms. The molecule has 6 nitrogen and oxygen atoms in total. The summed E-state index contributed by atoms with van der Waals surface area (Å²) < 4.78 is 9.89. The van der Waals surface area contributed by atoms with E-state index >= 15 is 0 Å². The number of methoxy groups -OCH3 is 2. The second-order valence-corrected chi connectivity index (χ2v) is 4.45. The van der Waals surface area contributed by atoms with Crippen LogP contribution < -0.4 is 5.32 Å². The molecule has 0 atom stereocenters. The van der Waals surface area contributed by atoms with Crippen LogP contribution in [0.25, 0.3) is 0 Å². The maximum Gasteiger partial charge on any atom is 0.312 e. The number of carbonyl (C=O) groups is 2. The molecule has 0 aliphatic heterocycles. The largest absolute Gasteiger partial charge is 0.383 e. The fraction of sp³-hybridized carbons (Fsp3) is 0.467. The molecule has 2 amide bonds. The van der Waals surface area contributed by atoms with Crippen molar-refractivity contribution in [3.8, 4) is 0 Å². The Morgan fingerprint density at radius 2 is 1.62 bits per heavy atom. The minimum absolute atomic E-state index is 0.327. The number of hydrogen-bond acceptors (Lipinski definition) is 4. The molecule has 0 aliphatic rings. The Hall–Kier alpha value is -1.92. The highest BCUT2D eigenvalue weighted by molar-refractivity contribution is 6.34. The maximum atomic E-state index is 12.1. The van der Waals surface area contributed by atoms with Gasteiger partial charge in [0.15, 0.2) is 0 Å². The van der Waals surface area contributed by atoms with Gasteiger partial charge in [-0.3, -0.25) is 9.59 Å². The van der Waals surface area contributed by atoms with Crippen LogP contribution in [0.4, 0.5) is 0 Å². The lowest BCUT2D eigenvalue weighted by Gasteiger charge is -2.21. The quantitative estimate of drug-likeness (QED) is 0.706. The number of carbonyl (C=O) groups excluding carboxylic acids is 2. The van der Waals surface area contributed by atoms with Crippen LogP contribution >= 0.6 is 0 Å². The summed E-state index contributed by atoms with van der Waals surface area (Å²) >= 11 is 0. The molecule has 0 saturated heterocycles. The lowest BCUT2D eigenvalue weighted by Crippen LogP contribution is -2.45. The first-order valence-electron chi connectivity index (χ1n) is 6.78. The Morgan fingerprint density at radius 1 is 1.05 bits per heavy atom. The third-order valence-electron chi connectivity index (χ3n) is 2.91. The van der Waals surface area contributed by atoms with Gasteiger partial charge < -0.3 is 19.7 Å². The van der Waals surface area contributed by atoms with E-state index in [2.05, 4.69) is 5.32 Å². The summed E-state index contributed by atoms with van der Waals surface area (Å²) in [6, 6.07) is 9.43. The second-order valence-electron chi connectivity index (χ2n) is 4.45. The normalized spacial score (nSPS) is 10.2. The molecule has 0 saturated carbocycles. The van der Waals surface area contributed by atoms with Gasteiger partial charge in [0.1, 0.15) is 0 Å². The first-order valence-corrected chi connectivity index (χ1v) is 6.78. The molecule has 6 heteroatoms. The van der Waals surface area contributed by atoms with E-state index in [0.29, 0.717) is 32.8 Å². The van der Waals surface area contributed by atoms with Gasteiger partial charge in [0.2, 0.25) is 0 Å². The summed E-state index contributed by atoms with van der Waals surface area (Å²) in [4.78, 5) is 25.4. The van der Waals surface area contributed by atoms with E-state index in [1.165, 1.54) is 4.90 Å². The highest BCUT2D eigenvalue weighted by Crippen LogP contribution is 1.98. The molecule has 0 radical (unpaired) electrons. The van der Waals surface area contributed by atoms with Crippen LogP contribution in [-0.2, 0) is 25.6 Å². The number of nitrogens with one attached hydrogen (secondary N) is 1. The van der Waals surface area contributed by atoms with Crippen molar-refractivity contribution in [3.05, 3.63) is 35.9 Å². The lowest BCUT2D eigenvalue weighted by molar-refractivity contribution is -0.146. The number of ether oxygens (including phenoxy) is 2. The molecule has 0 spiro atoms. The highest BCUT2D eigenvalue weighted by atomic mass is 16.5. The van der Waals surface area contributed by atoms with E-state index < -0.39 is 11.8 Å². The average molecular weight is 294 g/mol. The average Bonchev–Trinajstić information content (AvgIpc) is 2.53. The van der Waals surface area contributed by atoms with Gasteiger partial charge in [-0.1, -0.05) is 30.3 Å². The number of rotatable bonds is 8. The lowest BCUT2D eigenvalue weighted by atomic mass is 10.2. The fourth-order valence-electron chi connectivity index (χ4n) is 1.72. The predicted molar refractivity (Wildman–Crippen MR) is 78.6 cm³/mol. The van der Waals surface area contributed by atoms with Crippen molar-refractivity contribution >= 4 is 11.8 Å². The Labute approximate surface area is 125 Å². The van der Waals surface area contributed by atoms with E-state index in [4.69, 9.17) is 9.47 Å². The number of hydrogen-bond donors (Lipinski definition) is 1. The number of amides is 2. The van der Waals surface area contributed by atoms with E-state index in [0.717, 1.165) is 5.56 Å². The zero-order valence-corrected chi connectivity index (χ0v) is 12.5. The van der Waals surface area contributed by atoms with E-state index in [-0.39, 0.29) is 0 Å². The number of nitrogens with zero attached hydrogens (tertiary/aromatic N) is 1. The molecule has 0 aromatic heterocycles. The van der Waals surface area contributed by atoms with Gasteiger partial charge in [0.25, 0.3) is 0 Å². The Morgan fingerprint density at radius 3 is 2.14 bits per heavy atom. The monoisotopic (exact) mass is 294 g/mol. The van der Waals surface area contributed by atoms with Crippen molar-refractivity contribution in [2.75, 3.05) is 40.5 Å². The number of benzene rings is 1. The molecule has 0 heterocycles. The molecule has 116 valence electrons. The summed E-state index contributed by atoms with van der Waals surface area (Å²) in [6.07, 6.45) is 0. The Balaban J connectivity index is 2.50. The van der Waals surface area contributed by atoms with Crippen molar-refractivity contribution in [3.63, 3.8) is 0 Å². The first-order chi connectivity index (χ1) is 10.2. The van der Waals surface area contributed by atoms with Gasteiger partial charge in [0.05, 0.1) is 13.2 Å². The summed E-state index contributed by atoms with van der Waals surface area (Å²) in [7, 11) is 3.10. The summed E-state index contributed by atoms with van der Waals surface area (Å²) in [5, 5.41) is 2.62. The van der Waals surface area contributed by atoms with Crippen LogP contribution in [0.5, 0.6) is 0 Å². The zero-order valence-electron chi connectivity index (χ0n) is 12.5. The molecule has 1 aromatic rings. The summed E-state index contributed by atoms with van der Waals surface area (Å²) in [5.41, 5.74) is 0.944. The van der Waals surface area contributed by atoms with Crippen molar-refractivity contribution in [2.24, 2.45) is 0 Å². The smallest absolute Gasteiger partial charge is 0.312 e. The van der Waals surface area contributed by atoms with E-state index in [1.54, 1.807) is 14.2 Å². The third kappa shape index (κ3) is 6.37. The molecule has 1 aromatic carbocycles. The molecule has 0 fully saturated rings. The van der Waals surface area contributed by atoms with Gasteiger partial charge >= 0.3 is 11.8 Å². The topological polar surface area (TPSA) is 67.9 Å². The van der Waals surface area contributed by atoms with Crippen LogP contribution in [0.1, 0.15) is 5.56 Å². The van der Waals surface area contributed by atoms with E-state index in [1.807, 2.05) is 30.3 Å². The van der Waals surface area contributed by atoms with Gasteiger partial charge in [0, 0.05) is 33.9 Å². The highest BCUT2D eigenvalue weighted by Gasteiger charge is 2.20. The standard InChI is InChI=1S/C15H22N2O4/c1-20-10-8-17(9-11-21-2)15(19)14(18)16-12-13-6-4-3-5-7-13/h3-7H,8-12H2,1-2H3,(H,16,18). The minimum atomic E-state index is -0.619. The third-order valence-corrected chi connectivity index (χ3v) is 2.91. The molecule has 0 aliphatic carbocycles. The molecule has 0 unspecified atom stereocenters. The van der Waals surface area contributed by atoms with E-state index in [9.17, 15) is 9.59 Å². The fourth-order valence-corrected chi connectivity index (χ4v) is 1.72. The van der Waals surface area contributed by atoms with Crippen LogP contribution in [0.15, 0.2) is 30.3 Å². The van der Waals surface area contributed by atoms with Crippen LogP contribution in [0.3, 0.4) is 0 Å². The minimum Gasteiger partial charge on any atom is -0.383 e. The van der Waals surface area contributed by atoms with Crippen molar-refractivity contribution in [1.29, 1.82) is 0 Å². The Kier molecular flexibility index (Phi) is 8.08. The van der Waals surface area contributed by atoms with Crippen molar-refractivity contribution in [1.82, 2.24) is 10.2 Å². The van der Waals surface area contributed by atoms with Gasteiger partial charge in [-0.05, 0) is 5.56 Å². The molecule has 21 heavy (non-hydrogen) atoms. The molecular weight excluding hydrogens is 272 g/mol. The maximum absolute atomic E-state index is 12.1. The summed E-state index contributed by atoms with van der Waals surface area (Å²) in [5.74, 6) is -1.19. The van der Waals surface area contributed by atoms with Crippen LogP contribution in [0.2, 0.25) is 0 Å². The van der Waals surface area contributed by atoms with Crippen LogP contribution in [-0.4, -0.2) is 57.2 Å². The second kappa shape index (κ2) is 9.90. The van der Waals surface area contributed by atoms with Crippen molar-refractivity contribution in [2.45, 2.75) is 6.54 Å². The van der Waals surface area contributed by atoms with Gasteiger partial charge in [-0.15, -0.1) is 0 Å². The zero-order chi connectivity index (χ0) is 15.5. The molecular formula is C15H22N2O4. The van der Waals surface area contributed by atoms with Crippen LogP contribution in [0, 0.1) is 0 Å². The molecule has 1 N–H and O–H groups in total. The Bertz CT molecular complexity index is 429.